The largest absolute Gasteiger partial charge is 0.550 e. The van der Waals surface area contributed by atoms with Gasteiger partial charge in [0.25, 0.3) is 0 Å². The summed E-state index contributed by atoms with van der Waals surface area (Å²) in [5.74, 6) is -1.89. The molecule has 0 aromatic heterocycles. The number of carboxylic acids is 2. The molecule has 0 aromatic carbocycles. The van der Waals surface area contributed by atoms with Gasteiger partial charge in [0.15, 0.2) is 0 Å². The van der Waals surface area contributed by atoms with E-state index in [0.717, 1.165) is 64.2 Å². The molecule has 0 aliphatic heterocycles. The van der Waals surface area contributed by atoms with Crippen LogP contribution in [-0.4, -0.2) is 11.9 Å². The number of hydrogen-bond donors (Lipinski definition) is 0. The van der Waals surface area contributed by atoms with Gasteiger partial charge in [-0.3, -0.25) is 0 Å². The fourth-order valence-corrected chi connectivity index (χ4v) is 2.36. The Labute approximate surface area is 134 Å². The van der Waals surface area contributed by atoms with Gasteiger partial charge in [-0.15, -0.1) is 0 Å². The molecule has 128 valence electrons. The van der Waals surface area contributed by atoms with Gasteiger partial charge in [-0.2, -0.15) is 0 Å². The average molecular weight is 310 g/mol. The standard InChI is InChI=1S/C18H32O4/c19-17(20)15-13-11-9-7-5-3-1-2-4-6-8-10-12-14-16-18(21)22/h1-2H,3-16H2,(H,19,20)(H,21,22)/p-2/b2-1+. The first-order chi connectivity index (χ1) is 10.6. The molecular weight excluding hydrogens is 280 g/mol. The molecule has 0 heterocycles. The van der Waals surface area contributed by atoms with Crippen LogP contribution < -0.4 is 10.2 Å². The molecule has 0 saturated carbocycles. The number of allylic oxidation sites excluding steroid dienone is 2. The van der Waals surface area contributed by atoms with Crippen LogP contribution in [0.1, 0.15) is 89.9 Å². The van der Waals surface area contributed by atoms with Gasteiger partial charge in [0.2, 0.25) is 0 Å². The molecular formula is C18H30O4-2. The van der Waals surface area contributed by atoms with E-state index in [1.54, 1.807) is 0 Å². The molecule has 0 rings (SSSR count). The third-order valence-electron chi connectivity index (χ3n) is 3.67. The van der Waals surface area contributed by atoms with Crippen LogP contribution >= 0.6 is 0 Å². The summed E-state index contributed by atoms with van der Waals surface area (Å²) >= 11 is 0. The molecule has 0 atom stereocenters. The molecule has 4 nitrogen and oxygen atoms in total. The molecule has 4 heteroatoms. The number of carbonyl (C=O) groups excluding carboxylic acids is 2. The van der Waals surface area contributed by atoms with Gasteiger partial charge in [-0.1, -0.05) is 50.7 Å². The summed E-state index contributed by atoms with van der Waals surface area (Å²) in [5.41, 5.74) is 0. The van der Waals surface area contributed by atoms with Crippen LogP contribution in [0.15, 0.2) is 12.2 Å². The molecule has 0 aliphatic carbocycles. The second-order valence-electron chi connectivity index (χ2n) is 5.83. The predicted octanol–water partition coefficient (Wildman–Crippen LogP) is 2.50. The van der Waals surface area contributed by atoms with E-state index in [2.05, 4.69) is 12.2 Å². The Morgan fingerprint density at radius 2 is 0.864 bits per heavy atom. The van der Waals surface area contributed by atoms with Crippen LogP contribution in [0, 0.1) is 0 Å². The van der Waals surface area contributed by atoms with E-state index in [4.69, 9.17) is 0 Å². The minimum atomic E-state index is -0.943. The summed E-state index contributed by atoms with van der Waals surface area (Å²) < 4.78 is 0. The lowest BCUT2D eigenvalue weighted by molar-refractivity contribution is -0.307. The summed E-state index contributed by atoms with van der Waals surface area (Å²) in [6.45, 7) is 0. The second-order valence-corrected chi connectivity index (χ2v) is 5.83. The maximum absolute atomic E-state index is 10.2. The lowest BCUT2D eigenvalue weighted by atomic mass is 10.1. The van der Waals surface area contributed by atoms with Gasteiger partial charge in [0.1, 0.15) is 0 Å². The highest BCUT2D eigenvalue weighted by Crippen LogP contribution is 2.09. The van der Waals surface area contributed by atoms with Gasteiger partial charge in [-0.05, 0) is 51.4 Å². The Kier molecular flexibility index (Phi) is 15.1. The first kappa shape index (κ1) is 20.7. The first-order valence-corrected chi connectivity index (χ1v) is 8.67. The van der Waals surface area contributed by atoms with E-state index < -0.39 is 11.9 Å². The molecule has 0 radical (unpaired) electrons. The van der Waals surface area contributed by atoms with Gasteiger partial charge < -0.3 is 19.8 Å². The Balaban J connectivity index is 3.12. The number of carboxylic acid groups (broad SMARTS) is 2. The zero-order valence-electron chi connectivity index (χ0n) is 13.7. The molecule has 0 aliphatic rings. The zero-order chi connectivity index (χ0) is 16.5. The quantitative estimate of drug-likeness (QED) is 0.324. The van der Waals surface area contributed by atoms with Gasteiger partial charge >= 0.3 is 0 Å². The van der Waals surface area contributed by atoms with Crippen molar-refractivity contribution in [3.63, 3.8) is 0 Å². The van der Waals surface area contributed by atoms with Crippen LogP contribution in [0.5, 0.6) is 0 Å². The average Bonchev–Trinajstić information content (AvgIpc) is 2.46. The highest BCUT2D eigenvalue weighted by molar-refractivity contribution is 5.64. The summed E-state index contributed by atoms with van der Waals surface area (Å²) in [5, 5.41) is 20.4. The van der Waals surface area contributed by atoms with Crippen molar-refractivity contribution in [2.75, 3.05) is 0 Å². The van der Waals surface area contributed by atoms with Crippen LogP contribution in [0.4, 0.5) is 0 Å². The maximum atomic E-state index is 10.2. The van der Waals surface area contributed by atoms with E-state index in [-0.39, 0.29) is 12.8 Å². The molecule has 0 fully saturated rings. The van der Waals surface area contributed by atoms with Gasteiger partial charge in [-0.25, -0.2) is 0 Å². The summed E-state index contributed by atoms with van der Waals surface area (Å²) in [4.78, 5) is 20.4. The van der Waals surface area contributed by atoms with E-state index in [1.165, 1.54) is 12.8 Å². The van der Waals surface area contributed by atoms with Crippen molar-refractivity contribution in [2.45, 2.75) is 89.9 Å². The SMILES string of the molecule is O=C([O-])CCCCCCC/C=C/CCCCCCCC(=O)[O-]. The van der Waals surface area contributed by atoms with Crippen molar-refractivity contribution in [1.29, 1.82) is 0 Å². The Morgan fingerprint density at radius 3 is 1.23 bits per heavy atom. The number of rotatable bonds is 16. The highest BCUT2D eigenvalue weighted by atomic mass is 16.4. The normalized spacial score (nSPS) is 11.1. The molecule has 0 N–H and O–H groups in total. The number of unbranched alkanes of at least 4 members (excludes halogenated alkanes) is 10. The molecule has 0 spiro atoms. The van der Waals surface area contributed by atoms with Gasteiger partial charge in [0.05, 0.1) is 0 Å². The van der Waals surface area contributed by atoms with E-state index in [0.29, 0.717) is 0 Å². The maximum Gasteiger partial charge on any atom is 0.0414 e. The van der Waals surface area contributed by atoms with E-state index in [1.807, 2.05) is 0 Å². The van der Waals surface area contributed by atoms with Crippen LogP contribution in [0.2, 0.25) is 0 Å². The monoisotopic (exact) mass is 310 g/mol. The molecule has 22 heavy (non-hydrogen) atoms. The fourth-order valence-electron chi connectivity index (χ4n) is 2.36. The lowest BCUT2D eigenvalue weighted by Crippen LogP contribution is -2.21. The number of hydrogen-bond acceptors (Lipinski definition) is 4. The Morgan fingerprint density at radius 1 is 0.545 bits per heavy atom. The van der Waals surface area contributed by atoms with Crippen molar-refractivity contribution >= 4 is 11.9 Å². The first-order valence-electron chi connectivity index (χ1n) is 8.67. The topological polar surface area (TPSA) is 80.3 Å². The third-order valence-corrected chi connectivity index (χ3v) is 3.67. The van der Waals surface area contributed by atoms with Crippen molar-refractivity contribution in [1.82, 2.24) is 0 Å². The van der Waals surface area contributed by atoms with Crippen LogP contribution in [0.3, 0.4) is 0 Å². The van der Waals surface area contributed by atoms with Gasteiger partial charge in [0, 0.05) is 11.9 Å². The lowest BCUT2D eigenvalue weighted by Gasteiger charge is -2.02. The van der Waals surface area contributed by atoms with Crippen molar-refractivity contribution in [3.05, 3.63) is 12.2 Å². The number of aliphatic carboxylic acids is 2. The number of carbonyl (C=O) groups is 2. The fraction of sp³-hybridized carbons (Fsp3) is 0.778. The van der Waals surface area contributed by atoms with Crippen molar-refractivity contribution < 1.29 is 19.8 Å². The van der Waals surface area contributed by atoms with Crippen LogP contribution in [-0.2, 0) is 9.59 Å². The predicted molar refractivity (Wildman–Crippen MR) is 83.8 cm³/mol. The smallest absolute Gasteiger partial charge is 0.0414 e. The van der Waals surface area contributed by atoms with E-state index in [9.17, 15) is 19.8 Å². The zero-order valence-corrected chi connectivity index (χ0v) is 13.7. The van der Waals surface area contributed by atoms with Crippen molar-refractivity contribution in [3.8, 4) is 0 Å². The third kappa shape index (κ3) is 18.7. The summed E-state index contributed by atoms with van der Waals surface area (Å²) in [7, 11) is 0. The Hall–Kier alpha value is -1.32. The molecule has 0 bridgehead atoms. The van der Waals surface area contributed by atoms with Crippen LogP contribution in [0.25, 0.3) is 0 Å². The molecule has 0 amide bonds. The Bertz CT molecular complexity index is 280. The van der Waals surface area contributed by atoms with E-state index >= 15 is 0 Å². The second kappa shape index (κ2) is 16.1. The molecule has 0 unspecified atom stereocenters. The highest BCUT2D eigenvalue weighted by Gasteiger charge is 1.92. The summed E-state index contributed by atoms with van der Waals surface area (Å²) in [6, 6.07) is 0. The van der Waals surface area contributed by atoms with Crippen molar-refractivity contribution in [2.24, 2.45) is 0 Å². The summed E-state index contributed by atoms with van der Waals surface area (Å²) in [6.07, 6.45) is 17.4. The molecule has 0 saturated heterocycles. The molecule has 0 aromatic rings. The minimum Gasteiger partial charge on any atom is -0.550 e. The minimum absolute atomic E-state index is 0.188.